The molecular weight excluding hydrogens is 293 g/mol. The van der Waals surface area contributed by atoms with Crippen LogP contribution in [0.3, 0.4) is 0 Å². The monoisotopic (exact) mass is 309 g/mol. The number of benzene rings is 1. The van der Waals surface area contributed by atoms with E-state index in [1.165, 1.54) is 0 Å². The standard InChI is InChI=1S/C18H16FN3O/c1-11-3-2-4-14(18(11)19)13-7-16-15(20-8-13)9-21-22(16)17(10-23)12-5-6-12/h2-4,7-10,12,17H,5-6H2,1H3/t17-/m1/s1. The summed E-state index contributed by atoms with van der Waals surface area (Å²) < 4.78 is 16.1. The molecule has 4 rings (SSSR count). The summed E-state index contributed by atoms with van der Waals surface area (Å²) in [7, 11) is 0. The van der Waals surface area contributed by atoms with Crippen LogP contribution >= 0.6 is 0 Å². The normalized spacial score (nSPS) is 15.7. The number of hydrogen-bond donors (Lipinski definition) is 0. The molecule has 0 radical (unpaired) electrons. The summed E-state index contributed by atoms with van der Waals surface area (Å²) in [4.78, 5) is 15.8. The molecule has 1 aliphatic carbocycles. The Kier molecular flexibility index (Phi) is 3.22. The van der Waals surface area contributed by atoms with Crippen LogP contribution in [-0.2, 0) is 4.79 Å². The molecule has 23 heavy (non-hydrogen) atoms. The molecule has 1 aromatic carbocycles. The van der Waals surface area contributed by atoms with Gasteiger partial charge in [0.1, 0.15) is 23.7 Å². The first-order valence-corrected chi connectivity index (χ1v) is 7.73. The predicted octanol–water partition coefficient (Wildman–Crippen LogP) is 3.70. The first kappa shape index (κ1) is 14.1. The number of rotatable bonds is 4. The summed E-state index contributed by atoms with van der Waals surface area (Å²) in [5.41, 5.74) is 3.30. The van der Waals surface area contributed by atoms with Crippen LogP contribution in [0.4, 0.5) is 4.39 Å². The molecule has 0 unspecified atom stereocenters. The predicted molar refractivity (Wildman–Crippen MR) is 85.5 cm³/mol. The van der Waals surface area contributed by atoms with Crippen LogP contribution in [0.5, 0.6) is 0 Å². The Morgan fingerprint density at radius 3 is 2.91 bits per heavy atom. The Bertz CT molecular complexity index is 898. The second-order valence-corrected chi connectivity index (χ2v) is 6.12. The molecule has 0 spiro atoms. The van der Waals surface area contributed by atoms with Crippen LogP contribution in [-0.4, -0.2) is 21.1 Å². The lowest BCUT2D eigenvalue weighted by atomic mass is 10.0. The van der Waals surface area contributed by atoms with E-state index >= 15 is 0 Å². The number of carbonyl (C=O) groups is 1. The van der Waals surface area contributed by atoms with Gasteiger partial charge in [-0.3, -0.25) is 9.67 Å². The van der Waals surface area contributed by atoms with E-state index in [2.05, 4.69) is 10.1 Å². The van der Waals surface area contributed by atoms with Crippen molar-refractivity contribution in [1.29, 1.82) is 0 Å². The Labute approximate surface area is 133 Å². The lowest BCUT2D eigenvalue weighted by Gasteiger charge is -2.11. The van der Waals surface area contributed by atoms with Crippen molar-refractivity contribution in [3.05, 3.63) is 48.0 Å². The molecule has 1 saturated carbocycles. The van der Waals surface area contributed by atoms with Crippen molar-refractivity contribution in [2.24, 2.45) is 5.92 Å². The molecule has 5 heteroatoms. The van der Waals surface area contributed by atoms with Crippen molar-refractivity contribution in [3.8, 4) is 11.1 Å². The Hall–Kier alpha value is -2.56. The molecule has 2 heterocycles. The van der Waals surface area contributed by atoms with Crippen molar-refractivity contribution in [2.45, 2.75) is 25.8 Å². The summed E-state index contributed by atoms with van der Waals surface area (Å²) in [5, 5.41) is 4.33. The number of halogens is 1. The smallest absolute Gasteiger partial charge is 0.144 e. The summed E-state index contributed by atoms with van der Waals surface area (Å²) in [6.45, 7) is 1.74. The Morgan fingerprint density at radius 2 is 2.17 bits per heavy atom. The lowest BCUT2D eigenvalue weighted by molar-refractivity contribution is -0.111. The third kappa shape index (κ3) is 2.32. The fraction of sp³-hybridized carbons (Fsp3) is 0.278. The molecule has 2 aromatic heterocycles. The van der Waals surface area contributed by atoms with E-state index < -0.39 is 0 Å². The van der Waals surface area contributed by atoms with Crippen LogP contribution in [0.1, 0.15) is 24.4 Å². The van der Waals surface area contributed by atoms with Crippen molar-refractivity contribution in [3.63, 3.8) is 0 Å². The zero-order chi connectivity index (χ0) is 16.0. The second-order valence-electron chi connectivity index (χ2n) is 6.12. The summed E-state index contributed by atoms with van der Waals surface area (Å²) >= 11 is 0. The number of hydrogen-bond acceptors (Lipinski definition) is 3. The van der Waals surface area contributed by atoms with Gasteiger partial charge >= 0.3 is 0 Å². The van der Waals surface area contributed by atoms with Gasteiger partial charge in [-0.2, -0.15) is 5.10 Å². The van der Waals surface area contributed by atoms with Gasteiger partial charge in [-0.25, -0.2) is 4.39 Å². The molecule has 0 saturated heterocycles. The van der Waals surface area contributed by atoms with E-state index in [1.54, 1.807) is 36.1 Å². The van der Waals surface area contributed by atoms with Gasteiger partial charge in [-0.15, -0.1) is 0 Å². The van der Waals surface area contributed by atoms with Crippen LogP contribution in [0.25, 0.3) is 22.2 Å². The third-order valence-electron chi connectivity index (χ3n) is 4.48. The van der Waals surface area contributed by atoms with Gasteiger partial charge in [0, 0.05) is 17.3 Å². The van der Waals surface area contributed by atoms with Crippen molar-refractivity contribution >= 4 is 17.3 Å². The van der Waals surface area contributed by atoms with E-state index in [9.17, 15) is 9.18 Å². The van der Waals surface area contributed by atoms with E-state index in [1.807, 2.05) is 12.1 Å². The zero-order valence-electron chi connectivity index (χ0n) is 12.7. The average molecular weight is 309 g/mol. The molecule has 0 bridgehead atoms. The molecule has 0 amide bonds. The topological polar surface area (TPSA) is 47.8 Å². The first-order chi connectivity index (χ1) is 11.2. The number of aryl methyl sites for hydroxylation is 1. The molecule has 1 aliphatic rings. The maximum atomic E-state index is 14.4. The minimum atomic E-state index is -0.257. The molecule has 116 valence electrons. The number of aldehydes is 1. The SMILES string of the molecule is Cc1cccc(-c2cnc3cnn([C@H](C=O)C4CC4)c3c2)c1F. The van der Waals surface area contributed by atoms with Gasteiger partial charge in [-0.05, 0) is 37.3 Å². The molecule has 0 aliphatic heterocycles. The van der Waals surface area contributed by atoms with Gasteiger partial charge in [0.25, 0.3) is 0 Å². The summed E-state index contributed by atoms with van der Waals surface area (Å²) in [6, 6.07) is 6.92. The zero-order valence-corrected chi connectivity index (χ0v) is 12.7. The van der Waals surface area contributed by atoms with Gasteiger partial charge in [0.05, 0.1) is 11.7 Å². The highest BCUT2D eigenvalue weighted by Gasteiger charge is 2.33. The van der Waals surface area contributed by atoms with Gasteiger partial charge in [0.15, 0.2) is 0 Å². The van der Waals surface area contributed by atoms with Crippen molar-refractivity contribution < 1.29 is 9.18 Å². The fourth-order valence-corrected chi connectivity index (χ4v) is 2.99. The van der Waals surface area contributed by atoms with Crippen LogP contribution < -0.4 is 0 Å². The molecular formula is C18H16FN3O. The highest BCUT2D eigenvalue weighted by atomic mass is 19.1. The second kappa shape index (κ2) is 5.26. The van der Waals surface area contributed by atoms with Crippen LogP contribution in [0, 0.1) is 18.7 Å². The first-order valence-electron chi connectivity index (χ1n) is 7.73. The molecule has 4 nitrogen and oxygen atoms in total. The number of pyridine rings is 1. The Morgan fingerprint density at radius 1 is 1.35 bits per heavy atom. The quantitative estimate of drug-likeness (QED) is 0.690. The van der Waals surface area contributed by atoms with Gasteiger partial charge < -0.3 is 4.79 Å². The van der Waals surface area contributed by atoms with E-state index in [0.29, 0.717) is 28.1 Å². The highest BCUT2D eigenvalue weighted by molar-refractivity contribution is 5.81. The summed E-state index contributed by atoms with van der Waals surface area (Å²) in [6.07, 6.45) is 6.35. The highest BCUT2D eigenvalue weighted by Crippen LogP contribution is 2.39. The Balaban J connectivity index is 1.86. The molecule has 1 atom stereocenters. The van der Waals surface area contributed by atoms with Crippen molar-refractivity contribution in [2.75, 3.05) is 0 Å². The summed E-state index contributed by atoms with van der Waals surface area (Å²) in [5.74, 6) is 0.115. The van der Waals surface area contributed by atoms with Gasteiger partial charge in [0.2, 0.25) is 0 Å². The van der Waals surface area contributed by atoms with E-state index in [0.717, 1.165) is 24.6 Å². The molecule has 3 aromatic rings. The number of aromatic nitrogens is 3. The van der Waals surface area contributed by atoms with E-state index in [4.69, 9.17) is 0 Å². The maximum Gasteiger partial charge on any atom is 0.144 e. The van der Waals surface area contributed by atoms with Gasteiger partial charge in [-0.1, -0.05) is 18.2 Å². The molecule has 1 fully saturated rings. The van der Waals surface area contributed by atoms with Crippen LogP contribution in [0.2, 0.25) is 0 Å². The van der Waals surface area contributed by atoms with Crippen molar-refractivity contribution in [1.82, 2.24) is 14.8 Å². The average Bonchev–Trinajstić information content (AvgIpc) is 3.31. The maximum absolute atomic E-state index is 14.4. The van der Waals surface area contributed by atoms with E-state index in [-0.39, 0.29) is 11.9 Å². The molecule has 0 N–H and O–H groups in total. The third-order valence-corrected chi connectivity index (χ3v) is 4.48. The minimum absolute atomic E-state index is 0.242. The number of nitrogens with zero attached hydrogens (tertiary/aromatic N) is 3. The largest absolute Gasteiger partial charge is 0.301 e. The lowest BCUT2D eigenvalue weighted by Crippen LogP contribution is -2.13. The number of carbonyl (C=O) groups excluding carboxylic acids is 1. The minimum Gasteiger partial charge on any atom is -0.301 e. The fourth-order valence-electron chi connectivity index (χ4n) is 2.99. The van der Waals surface area contributed by atoms with Crippen LogP contribution in [0.15, 0.2) is 36.7 Å². The number of fused-ring (bicyclic) bond motifs is 1.